The first-order valence-corrected chi connectivity index (χ1v) is 15.2. The number of aliphatic hydroxyl groups excluding tert-OH is 1. The molecular formula is C32H36N2O6S. The highest BCUT2D eigenvalue weighted by Crippen LogP contribution is 2.32. The third-order valence-corrected chi connectivity index (χ3v) is 7.35. The second-order valence-electron chi connectivity index (χ2n) is 10.2. The highest BCUT2D eigenvalue weighted by atomic mass is 32.2. The van der Waals surface area contributed by atoms with Gasteiger partial charge in [-0.15, -0.1) is 0 Å². The van der Waals surface area contributed by atoms with Crippen LogP contribution >= 0.6 is 0 Å². The Morgan fingerprint density at radius 2 is 1.37 bits per heavy atom. The maximum atomic E-state index is 12.0. The lowest BCUT2D eigenvalue weighted by atomic mass is 9.86. The number of phenolic OH excluding ortho intramolecular Hbond substituents is 2. The number of anilines is 1. The van der Waals surface area contributed by atoms with E-state index in [1.165, 1.54) is 0 Å². The summed E-state index contributed by atoms with van der Waals surface area (Å²) in [6, 6.07) is 28.6. The van der Waals surface area contributed by atoms with E-state index in [9.17, 15) is 23.7 Å². The second-order valence-corrected chi connectivity index (χ2v) is 11.9. The molecule has 0 aromatic heterocycles. The average Bonchev–Trinajstić information content (AvgIpc) is 2.95. The highest BCUT2D eigenvalue weighted by molar-refractivity contribution is 7.92. The molecule has 0 aliphatic rings. The fourth-order valence-electron chi connectivity index (χ4n) is 4.64. The number of rotatable bonds is 13. The van der Waals surface area contributed by atoms with Crippen LogP contribution < -0.4 is 14.8 Å². The summed E-state index contributed by atoms with van der Waals surface area (Å²) in [5.41, 5.74) is 3.78. The van der Waals surface area contributed by atoms with E-state index in [1.54, 1.807) is 42.5 Å². The Hall–Kier alpha value is -4.05. The third-order valence-electron chi connectivity index (χ3n) is 6.76. The second kappa shape index (κ2) is 13.5. The van der Waals surface area contributed by atoms with E-state index in [0.29, 0.717) is 17.7 Å². The molecule has 0 saturated heterocycles. The summed E-state index contributed by atoms with van der Waals surface area (Å²) >= 11 is 0. The van der Waals surface area contributed by atoms with Crippen molar-refractivity contribution in [2.24, 2.45) is 0 Å². The van der Waals surface area contributed by atoms with Crippen LogP contribution in [-0.2, 0) is 16.6 Å². The van der Waals surface area contributed by atoms with Crippen LogP contribution in [0.15, 0.2) is 97.1 Å². The van der Waals surface area contributed by atoms with Gasteiger partial charge in [-0.25, -0.2) is 8.42 Å². The predicted octanol–water partition coefficient (Wildman–Crippen LogP) is 5.28. The molecule has 0 amide bonds. The quantitative estimate of drug-likeness (QED) is 0.146. The van der Waals surface area contributed by atoms with Crippen molar-refractivity contribution in [2.45, 2.75) is 38.0 Å². The number of aliphatic hydroxyl groups is 1. The van der Waals surface area contributed by atoms with Crippen molar-refractivity contribution in [3.63, 3.8) is 0 Å². The van der Waals surface area contributed by atoms with Gasteiger partial charge in [-0.05, 0) is 72.0 Å². The van der Waals surface area contributed by atoms with Crippen molar-refractivity contribution in [1.29, 1.82) is 0 Å². The maximum absolute atomic E-state index is 12.0. The van der Waals surface area contributed by atoms with Gasteiger partial charge in [0.15, 0.2) is 0 Å². The highest BCUT2D eigenvalue weighted by Gasteiger charge is 2.20. The fourth-order valence-corrected chi connectivity index (χ4v) is 5.20. The van der Waals surface area contributed by atoms with Crippen LogP contribution in [0.5, 0.6) is 17.2 Å². The minimum Gasteiger partial charge on any atom is -0.508 e. The molecule has 216 valence electrons. The van der Waals surface area contributed by atoms with E-state index in [1.807, 2.05) is 61.5 Å². The van der Waals surface area contributed by atoms with Gasteiger partial charge in [0.1, 0.15) is 23.9 Å². The number of sulfonamides is 1. The van der Waals surface area contributed by atoms with Crippen LogP contribution in [0.3, 0.4) is 0 Å². The zero-order valence-electron chi connectivity index (χ0n) is 23.1. The lowest BCUT2D eigenvalue weighted by Crippen LogP contribution is -2.32. The molecule has 4 aromatic carbocycles. The van der Waals surface area contributed by atoms with Crippen molar-refractivity contribution in [1.82, 2.24) is 5.32 Å². The maximum Gasteiger partial charge on any atom is 0.229 e. The smallest absolute Gasteiger partial charge is 0.229 e. The first-order valence-electron chi connectivity index (χ1n) is 13.3. The fraction of sp³-hybridized carbons (Fsp3) is 0.250. The number of benzene rings is 4. The molecule has 8 nitrogen and oxygen atoms in total. The molecule has 0 bridgehead atoms. The molecule has 0 spiro atoms. The van der Waals surface area contributed by atoms with Gasteiger partial charge in [-0.1, -0.05) is 60.7 Å². The third kappa shape index (κ3) is 8.97. The zero-order chi connectivity index (χ0) is 29.4. The van der Waals surface area contributed by atoms with Crippen molar-refractivity contribution in [2.75, 3.05) is 17.5 Å². The summed E-state index contributed by atoms with van der Waals surface area (Å²) in [6.45, 7) is 2.53. The minimum atomic E-state index is -3.58. The first-order chi connectivity index (χ1) is 19.6. The van der Waals surface area contributed by atoms with Crippen molar-refractivity contribution in [3.05, 3.63) is 119 Å². The number of nitrogens with one attached hydrogen (secondary N) is 2. The number of ether oxygens (including phenoxy) is 1. The van der Waals surface area contributed by atoms with Crippen molar-refractivity contribution >= 4 is 15.7 Å². The molecule has 41 heavy (non-hydrogen) atoms. The Kier molecular flexibility index (Phi) is 9.88. The lowest BCUT2D eigenvalue weighted by Gasteiger charge is -2.24. The van der Waals surface area contributed by atoms with E-state index in [0.717, 1.165) is 22.9 Å². The molecular weight excluding hydrogens is 540 g/mol. The van der Waals surface area contributed by atoms with E-state index in [4.69, 9.17) is 4.74 Å². The van der Waals surface area contributed by atoms with Gasteiger partial charge >= 0.3 is 0 Å². The summed E-state index contributed by atoms with van der Waals surface area (Å²) in [6.07, 6.45) is 0.857. The van der Waals surface area contributed by atoms with Crippen molar-refractivity contribution < 1.29 is 28.5 Å². The van der Waals surface area contributed by atoms with Crippen LogP contribution in [0.4, 0.5) is 5.69 Å². The molecule has 0 aliphatic heterocycles. The van der Waals surface area contributed by atoms with Crippen LogP contribution in [0.25, 0.3) is 0 Å². The van der Waals surface area contributed by atoms with Gasteiger partial charge in [0.25, 0.3) is 0 Å². The summed E-state index contributed by atoms with van der Waals surface area (Å²) in [5, 5.41) is 33.9. The summed E-state index contributed by atoms with van der Waals surface area (Å²) in [7, 11) is -3.58. The van der Waals surface area contributed by atoms with Gasteiger partial charge in [0, 0.05) is 18.5 Å². The minimum absolute atomic E-state index is 0.0116. The molecule has 4 rings (SSSR count). The molecule has 0 saturated carbocycles. The molecule has 0 radical (unpaired) electrons. The zero-order valence-corrected chi connectivity index (χ0v) is 23.9. The number of aromatic hydroxyl groups is 2. The van der Waals surface area contributed by atoms with E-state index < -0.39 is 16.1 Å². The molecule has 0 aliphatic carbocycles. The number of hydrogen-bond acceptors (Lipinski definition) is 7. The normalized spacial score (nSPS) is 13.1. The predicted molar refractivity (Wildman–Crippen MR) is 161 cm³/mol. The van der Waals surface area contributed by atoms with Gasteiger partial charge in [0.05, 0.1) is 18.0 Å². The van der Waals surface area contributed by atoms with Gasteiger partial charge < -0.3 is 25.4 Å². The summed E-state index contributed by atoms with van der Waals surface area (Å²) in [4.78, 5) is 0. The first kappa shape index (κ1) is 29.9. The Morgan fingerprint density at radius 1 is 0.805 bits per heavy atom. The van der Waals surface area contributed by atoms with Gasteiger partial charge in [-0.3, -0.25) is 4.72 Å². The summed E-state index contributed by atoms with van der Waals surface area (Å²) in [5.74, 6) is 0.729. The molecule has 2 atom stereocenters. The number of phenols is 2. The lowest BCUT2D eigenvalue weighted by molar-refractivity contribution is 0.169. The Labute approximate surface area is 241 Å². The molecule has 5 N–H and O–H groups in total. The topological polar surface area (TPSA) is 128 Å². The largest absolute Gasteiger partial charge is 0.508 e. The SMILES string of the molecule is C[C@@H](CC(c1ccc(O)cc1)c1ccc(O)cc1)NC[C@H](O)c1ccc(OCc2ccccc2)c(NS(C)(=O)=O)c1. The molecule has 0 unspecified atom stereocenters. The van der Waals surface area contributed by atoms with Gasteiger partial charge in [0.2, 0.25) is 10.0 Å². The van der Waals surface area contributed by atoms with Crippen LogP contribution in [0, 0.1) is 0 Å². The van der Waals surface area contributed by atoms with Crippen molar-refractivity contribution in [3.8, 4) is 17.2 Å². The Morgan fingerprint density at radius 3 is 1.93 bits per heavy atom. The van der Waals surface area contributed by atoms with E-state index in [2.05, 4.69) is 10.0 Å². The Bertz CT molecular complexity index is 1470. The standard InChI is InChI=1S/C32H36N2O6S/c1-22(18-29(24-8-13-27(35)14-9-24)25-10-15-28(36)16-11-25)33-20-31(37)26-12-17-32(30(19-26)34-41(2,38)39)40-21-23-6-4-3-5-7-23/h3-17,19,22,29,31,33-37H,18,20-21H2,1-2H3/t22-,31-/m0/s1. The van der Waals surface area contributed by atoms with E-state index in [-0.39, 0.29) is 42.3 Å². The van der Waals surface area contributed by atoms with Gasteiger partial charge in [-0.2, -0.15) is 0 Å². The molecule has 9 heteroatoms. The molecule has 0 fully saturated rings. The average molecular weight is 577 g/mol. The number of hydrogen-bond donors (Lipinski definition) is 5. The monoisotopic (exact) mass is 576 g/mol. The van der Waals surface area contributed by atoms with Crippen LogP contribution in [0.1, 0.15) is 47.6 Å². The molecule has 0 heterocycles. The van der Waals surface area contributed by atoms with Crippen LogP contribution in [-0.4, -0.2) is 42.6 Å². The van der Waals surface area contributed by atoms with E-state index >= 15 is 0 Å². The Balaban J connectivity index is 1.44. The molecule has 4 aromatic rings. The summed E-state index contributed by atoms with van der Waals surface area (Å²) < 4.78 is 32.4. The van der Waals surface area contributed by atoms with Crippen LogP contribution in [0.2, 0.25) is 0 Å².